The van der Waals surface area contributed by atoms with Crippen LogP contribution in [0.3, 0.4) is 0 Å². The van der Waals surface area contributed by atoms with E-state index in [0.717, 1.165) is 18.2 Å². The molecule has 1 saturated heterocycles. The van der Waals surface area contributed by atoms with E-state index in [-0.39, 0.29) is 48.9 Å². The Hall–Kier alpha value is -5.08. The van der Waals surface area contributed by atoms with Gasteiger partial charge in [-0.15, -0.1) is 0 Å². The van der Waals surface area contributed by atoms with Crippen LogP contribution in [0.1, 0.15) is 34.3 Å². The molecule has 0 radical (unpaired) electrons. The predicted octanol–water partition coefficient (Wildman–Crippen LogP) is 5.38. The molecule has 1 aliphatic heterocycles. The minimum absolute atomic E-state index is 0.0738. The standard InChI is InChI=1S/C29H26F5N5O5/c30-28(31)9-11-39(12-10-28)26(41)20-4-6-22(35-17-20)19-5-7-23(21(14-19)29(32,33)34)44-13-1-2-25(40)37-16-18-3-8-24(36-15-18)38-27(42)43/h1-8,14-15,17H,9-13,16H2,(H,36,38)(H,37,40)(H,42,43). The minimum Gasteiger partial charge on any atom is -0.489 e. The highest BCUT2D eigenvalue weighted by Crippen LogP contribution is 2.38. The second-order valence-corrected chi connectivity index (χ2v) is 9.70. The average Bonchev–Trinajstić information content (AvgIpc) is 2.98. The molecule has 4 rings (SSSR count). The Morgan fingerprint density at radius 3 is 2.39 bits per heavy atom. The summed E-state index contributed by atoms with van der Waals surface area (Å²) in [7, 11) is 0. The molecule has 3 amide bonds. The Morgan fingerprint density at radius 2 is 1.77 bits per heavy atom. The maximum Gasteiger partial charge on any atom is 0.419 e. The van der Waals surface area contributed by atoms with Crippen LogP contribution in [0.25, 0.3) is 11.3 Å². The maximum atomic E-state index is 13.8. The zero-order valence-electron chi connectivity index (χ0n) is 22.9. The van der Waals surface area contributed by atoms with Crippen molar-refractivity contribution in [2.75, 3.05) is 25.0 Å². The minimum atomic E-state index is -4.78. The molecule has 0 spiro atoms. The molecule has 232 valence electrons. The smallest absolute Gasteiger partial charge is 0.419 e. The van der Waals surface area contributed by atoms with Gasteiger partial charge in [-0.3, -0.25) is 19.9 Å². The first-order valence-electron chi connectivity index (χ1n) is 13.2. The van der Waals surface area contributed by atoms with E-state index in [0.29, 0.717) is 5.56 Å². The quantitative estimate of drug-likeness (QED) is 0.217. The molecule has 0 unspecified atom stereocenters. The van der Waals surface area contributed by atoms with Crippen molar-refractivity contribution >= 4 is 23.7 Å². The lowest BCUT2D eigenvalue weighted by atomic mass is 10.0. The number of carbonyl (C=O) groups is 3. The first-order valence-corrected chi connectivity index (χ1v) is 13.2. The molecular formula is C29H26F5N5O5. The lowest BCUT2D eigenvalue weighted by Gasteiger charge is -2.31. The number of aromatic nitrogens is 2. The number of likely N-dealkylation sites (tertiary alicyclic amines) is 1. The SMILES string of the molecule is O=C(O)Nc1ccc(CNC(=O)C=CCOc2ccc(-c3ccc(C(=O)N4CCC(F)(F)CC4)cn3)cc2C(F)(F)F)cn1. The van der Waals surface area contributed by atoms with Crippen LogP contribution in [-0.2, 0) is 17.5 Å². The second-order valence-electron chi connectivity index (χ2n) is 9.70. The van der Waals surface area contributed by atoms with Gasteiger partial charge in [0.2, 0.25) is 5.91 Å². The largest absolute Gasteiger partial charge is 0.489 e. The van der Waals surface area contributed by atoms with Gasteiger partial charge in [-0.05, 0) is 48.0 Å². The van der Waals surface area contributed by atoms with Gasteiger partial charge in [0.1, 0.15) is 18.2 Å². The van der Waals surface area contributed by atoms with Crippen molar-refractivity contribution in [1.29, 1.82) is 0 Å². The lowest BCUT2D eigenvalue weighted by Crippen LogP contribution is -2.42. The van der Waals surface area contributed by atoms with Crippen LogP contribution in [0.2, 0.25) is 0 Å². The summed E-state index contributed by atoms with van der Waals surface area (Å²) in [5.74, 6) is -4.20. The van der Waals surface area contributed by atoms with Crippen molar-refractivity contribution in [3.05, 3.63) is 83.7 Å². The zero-order valence-corrected chi connectivity index (χ0v) is 22.9. The first kappa shape index (κ1) is 31.8. The number of rotatable bonds is 9. The van der Waals surface area contributed by atoms with Crippen LogP contribution >= 0.6 is 0 Å². The van der Waals surface area contributed by atoms with Gasteiger partial charge < -0.3 is 20.1 Å². The van der Waals surface area contributed by atoms with Crippen LogP contribution in [0.15, 0.2) is 67.0 Å². The van der Waals surface area contributed by atoms with Crippen molar-refractivity contribution in [3.63, 3.8) is 0 Å². The van der Waals surface area contributed by atoms with Crippen LogP contribution in [0.4, 0.5) is 32.6 Å². The number of alkyl halides is 5. The third-order valence-corrected chi connectivity index (χ3v) is 6.50. The van der Waals surface area contributed by atoms with Gasteiger partial charge in [0.15, 0.2) is 0 Å². The molecule has 1 aromatic carbocycles. The number of benzene rings is 1. The Kier molecular flexibility index (Phi) is 9.76. The fraction of sp³-hybridized carbons (Fsp3) is 0.276. The van der Waals surface area contributed by atoms with Crippen LogP contribution in [0.5, 0.6) is 5.75 Å². The van der Waals surface area contributed by atoms with Gasteiger partial charge in [0.05, 0.1) is 16.8 Å². The Labute approximate surface area is 247 Å². The number of hydrogen-bond donors (Lipinski definition) is 3. The summed E-state index contributed by atoms with van der Waals surface area (Å²) in [6.45, 7) is -0.480. The van der Waals surface area contributed by atoms with Crippen molar-refractivity contribution in [1.82, 2.24) is 20.2 Å². The topological polar surface area (TPSA) is 134 Å². The number of ether oxygens (including phenoxy) is 1. The van der Waals surface area contributed by atoms with Crippen LogP contribution in [0, 0.1) is 0 Å². The van der Waals surface area contributed by atoms with Gasteiger partial charge in [0.25, 0.3) is 11.8 Å². The molecule has 2 aromatic heterocycles. The van der Waals surface area contributed by atoms with Gasteiger partial charge in [-0.2, -0.15) is 13.2 Å². The van der Waals surface area contributed by atoms with E-state index >= 15 is 0 Å². The number of nitrogens with zero attached hydrogens (tertiary/aromatic N) is 3. The maximum absolute atomic E-state index is 13.8. The lowest BCUT2D eigenvalue weighted by molar-refractivity contribution is -0.138. The Morgan fingerprint density at radius 1 is 1.02 bits per heavy atom. The number of anilines is 1. The number of piperidine rings is 1. The van der Waals surface area contributed by atoms with Crippen molar-refractivity contribution < 1.29 is 46.2 Å². The molecule has 0 bridgehead atoms. The molecule has 1 aliphatic rings. The molecule has 15 heteroatoms. The predicted molar refractivity (Wildman–Crippen MR) is 147 cm³/mol. The molecule has 10 nitrogen and oxygen atoms in total. The molecule has 0 atom stereocenters. The summed E-state index contributed by atoms with van der Waals surface area (Å²) in [6.07, 6.45) is -2.03. The summed E-state index contributed by atoms with van der Waals surface area (Å²) in [5.41, 5.74) is -0.0921. The summed E-state index contributed by atoms with van der Waals surface area (Å²) in [6, 6.07) is 9.07. The first-order chi connectivity index (χ1) is 20.8. The fourth-order valence-corrected chi connectivity index (χ4v) is 4.20. The van der Waals surface area contributed by atoms with E-state index in [9.17, 15) is 36.3 Å². The third-order valence-electron chi connectivity index (χ3n) is 6.50. The van der Waals surface area contributed by atoms with Gasteiger partial charge in [0, 0.05) is 56.5 Å². The number of hydrogen-bond acceptors (Lipinski definition) is 6. The van der Waals surface area contributed by atoms with Crippen molar-refractivity contribution in [3.8, 4) is 17.0 Å². The molecule has 0 saturated carbocycles. The zero-order chi connectivity index (χ0) is 31.9. The van der Waals surface area contributed by atoms with E-state index in [2.05, 4.69) is 20.6 Å². The summed E-state index contributed by atoms with van der Waals surface area (Å²) >= 11 is 0. The number of carbonyl (C=O) groups excluding carboxylic acids is 2. The average molecular weight is 620 g/mol. The van der Waals surface area contributed by atoms with Crippen LogP contribution < -0.4 is 15.4 Å². The van der Waals surface area contributed by atoms with Crippen molar-refractivity contribution in [2.45, 2.75) is 31.5 Å². The molecule has 3 aromatic rings. The Balaban J connectivity index is 1.34. The molecule has 44 heavy (non-hydrogen) atoms. The summed E-state index contributed by atoms with van der Waals surface area (Å²) in [5, 5.41) is 13.3. The molecule has 0 aliphatic carbocycles. The number of carboxylic acid groups (broad SMARTS) is 1. The van der Waals surface area contributed by atoms with E-state index < -0.39 is 54.2 Å². The van der Waals surface area contributed by atoms with E-state index in [1.54, 1.807) is 6.07 Å². The second kappa shape index (κ2) is 13.5. The monoisotopic (exact) mass is 619 g/mol. The molecular weight excluding hydrogens is 593 g/mol. The Bertz CT molecular complexity index is 1520. The highest BCUT2D eigenvalue weighted by atomic mass is 19.4. The van der Waals surface area contributed by atoms with Crippen molar-refractivity contribution in [2.24, 2.45) is 0 Å². The number of amides is 3. The summed E-state index contributed by atoms with van der Waals surface area (Å²) < 4.78 is 73.6. The summed E-state index contributed by atoms with van der Waals surface area (Å²) in [4.78, 5) is 44.5. The number of pyridine rings is 2. The fourth-order valence-electron chi connectivity index (χ4n) is 4.20. The van der Waals surface area contributed by atoms with E-state index in [1.807, 2.05) is 0 Å². The van der Waals surface area contributed by atoms with Gasteiger partial charge >= 0.3 is 12.3 Å². The normalized spacial score (nSPS) is 14.7. The van der Waals surface area contributed by atoms with Crippen LogP contribution in [-0.4, -0.2) is 63.5 Å². The number of nitrogens with one attached hydrogen (secondary N) is 2. The highest BCUT2D eigenvalue weighted by Gasteiger charge is 2.36. The third kappa shape index (κ3) is 8.72. The molecule has 3 heterocycles. The highest BCUT2D eigenvalue weighted by molar-refractivity contribution is 5.94. The van der Waals surface area contributed by atoms with Gasteiger partial charge in [-0.25, -0.2) is 18.6 Å². The van der Waals surface area contributed by atoms with E-state index in [1.165, 1.54) is 47.6 Å². The number of halogens is 5. The molecule has 3 N–H and O–H groups in total. The van der Waals surface area contributed by atoms with Gasteiger partial charge in [-0.1, -0.05) is 6.07 Å². The molecule has 1 fully saturated rings. The van der Waals surface area contributed by atoms with E-state index in [4.69, 9.17) is 9.84 Å².